The zero-order valence-corrected chi connectivity index (χ0v) is 6.97. The highest BCUT2D eigenvalue weighted by Crippen LogP contribution is 1.85. The van der Waals surface area contributed by atoms with Crippen LogP contribution >= 0.6 is 0 Å². The molecule has 0 atom stereocenters. The van der Waals surface area contributed by atoms with Crippen LogP contribution in [0.15, 0.2) is 48.8 Å². The summed E-state index contributed by atoms with van der Waals surface area (Å²) in [6, 6.07) is 11.2. The monoisotopic (exact) mass is 161 g/mol. The van der Waals surface area contributed by atoms with Crippen LogP contribution in [-0.4, -0.2) is 10.5 Å². The van der Waals surface area contributed by atoms with Gasteiger partial charge in [-0.05, 0) is 12.1 Å². The summed E-state index contributed by atoms with van der Waals surface area (Å²) in [5, 5.41) is 0. The normalized spacial score (nSPS) is 8.75. The summed E-state index contributed by atoms with van der Waals surface area (Å²) in [6.45, 7) is 1.53. The van der Waals surface area contributed by atoms with Crippen molar-refractivity contribution in [2.45, 2.75) is 6.92 Å². The fourth-order valence-electron chi connectivity index (χ4n) is 0.801. The second-order valence-electron chi connectivity index (χ2n) is 2.38. The summed E-state index contributed by atoms with van der Waals surface area (Å²) in [6.07, 6.45) is 3.45. The molecule has 0 spiro atoms. The lowest BCUT2D eigenvalue weighted by atomic mass is 10.5. The van der Waals surface area contributed by atoms with Crippen molar-refractivity contribution in [2.24, 2.45) is 0 Å². The minimum atomic E-state index is 0.00574. The minimum absolute atomic E-state index is 0.00574. The highest BCUT2D eigenvalue weighted by atomic mass is 16.1. The largest absolute Gasteiger partial charge is 0.295 e. The molecule has 0 aliphatic rings. The molecule has 2 heteroatoms. The fourth-order valence-corrected chi connectivity index (χ4v) is 0.801. The van der Waals surface area contributed by atoms with Crippen LogP contribution in [0.3, 0.4) is 0 Å². The van der Waals surface area contributed by atoms with Crippen molar-refractivity contribution in [1.82, 2.24) is 4.57 Å². The van der Waals surface area contributed by atoms with E-state index >= 15 is 0 Å². The maximum Gasteiger partial charge on any atom is 0.227 e. The van der Waals surface area contributed by atoms with Gasteiger partial charge in [0.25, 0.3) is 0 Å². The van der Waals surface area contributed by atoms with E-state index in [1.807, 2.05) is 36.4 Å². The van der Waals surface area contributed by atoms with Crippen LogP contribution in [0.4, 0.5) is 0 Å². The molecule has 0 aliphatic carbocycles. The third-order valence-corrected chi connectivity index (χ3v) is 1.41. The molecule has 1 aromatic rings. The average molecular weight is 161 g/mol. The summed E-state index contributed by atoms with van der Waals surface area (Å²) in [7, 11) is 0. The van der Waals surface area contributed by atoms with Crippen molar-refractivity contribution in [3.05, 3.63) is 48.8 Å². The molecule has 0 bridgehead atoms. The molecule has 0 saturated heterocycles. The first-order chi connectivity index (χ1) is 5.80. The van der Waals surface area contributed by atoms with Crippen molar-refractivity contribution in [2.75, 3.05) is 0 Å². The highest BCUT2D eigenvalue weighted by molar-refractivity contribution is 5.75. The van der Waals surface area contributed by atoms with Gasteiger partial charge in [0.1, 0.15) is 0 Å². The van der Waals surface area contributed by atoms with Gasteiger partial charge in [-0.1, -0.05) is 24.3 Å². The summed E-state index contributed by atoms with van der Waals surface area (Å²) >= 11 is 0. The van der Waals surface area contributed by atoms with E-state index in [1.54, 1.807) is 12.4 Å². The van der Waals surface area contributed by atoms with E-state index < -0.39 is 0 Å². The van der Waals surface area contributed by atoms with Crippen LogP contribution in [0, 0.1) is 0 Å². The highest BCUT2D eigenvalue weighted by Gasteiger charge is 1.86. The van der Waals surface area contributed by atoms with Gasteiger partial charge in [0.15, 0.2) is 0 Å². The van der Waals surface area contributed by atoms with Gasteiger partial charge < -0.3 is 0 Å². The molecule has 0 radical (unpaired) electrons. The van der Waals surface area contributed by atoms with Crippen LogP contribution in [0.25, 0.3) is 0 Å². The SMILES string of the molecule is CC(=O)n1cccccccc1. The quantitative estimate of drug-likeness (QED) is 0.572. The van der Waals surface area contributed by atoms with Gasteiger partial charge in [-0.3, -0.25) is 9.36 Å². The second-order valence-corrected chi connectivity index (χ2v) is 2.38. The number of hydrogen-bond acceptors (Lipinski definition) is 1. The van der Waals surface area contributed by atoms with Gasteiger partial charge >= 0.3 is 0 Å². The summed E-state index contributed by atoms with van der Waals surface area (Å²) in [4.78, 5) is 11.0. The minimum Gasteiger partial charge on any atom is -0.295 e. The Kier molecular flexibility index (Phi) is 3.08. The topological polar surface area (TPSA) is 22.0 Å². The predicted molar refractivity (Wildman–Crippen MR) is 48.4 cm³/mol. The Labute approximate surface area is 71.8 Å². The maximum atomic E-state index is 11.0. The molecule has 0 amide bonds. The van der Waals surface area contributed by atoms with Crippen LogP contribution in [0.2, 0.25) is 0 Å². The lowest BCUT2D eigenvalue weighted by molar-refractivity contribution is 0.0936. The first-order valence-electron chi connectivity index (χ1n) is 3.78. The third kappa shape index (κ3) is 2.58. The maximum absolute atomic E-state index is 11.0. The predicted octanol–water partition coefficient (Wildman–Crippen LogP) is 2.27. The first kappa shape index (κ1) is 8.53. The van der Waals surface area contributed by atoms with Crippen LogP contribution in [0.1, 0.15) is 11.7 Å². The zero-order chi connectivity index (χ0) is 8.81. The van der Waals surface area contributed by atoms with Crippen molar-refractivity contribution in [3.8, 4) is 0 Å². The molecule has 0 fully saturated rings. The van der Waals surface area contributed by atoms with E-state index in [1.165, 1.54) is 11.5 Å². The molecule has 62 valence electrons. The number of carbonyl (C=O) groups is 1. The summed E-state index contributed by atoms with van der Waals surface area (Å²) in [5.41, 5.74) is 0. The number of rotatable bonds is 0. The summed E-state index contributed by atoms with van der Waals surface area (Å²) < 4.78 is 1.53. The zero-order valence-electron chi connectivity index (χ0n) is 6.97. The number of hydrogen-bond donors (Lipinski definition) is 0. The standard InChI is InChI=1S/C10H11NO/c1-10(12)11-8-6-4-2-3-5-7-9-11/h2-9H,1H3. The lowest BCUT2D eigenvalue weighted by Crippen LogP contribution is -2.02. The molecule has 0 N–H and O–H groups in total. The smallest absolute Gasteiger partial charge is 0.227 e. The van der Waals surface area contributed by atoms with Gasteiger partial charge in [-0.25, -0.2) is 0 Å². The fraction of sp³-hybridized carbons (Fsp3) is 0.100. The Balaban J connectivity index is 3.19. The third-order valence-electron chi connectivity index (χ3n) is 1.41. The lowest BCUT2D eigenvalue weighted by Gasteiger charge is -1.93. The number of nitrogens with zero attached hydrogens (tertiary/aromatic N) is 1. The van der Waals surface area contributed by atoms with Gasteiger partial charge in [0.05, 0.1) is 0 Å². The molecule has 12 heavy (non-hydrogen) atoms. The first-order valence-corrected chi connectivity index (χ1v) is 3.78. The van der Waals surface area contributed by atoms with Gasteiger partial charge in [0.2, 0.25) is 5.91 Å². The van der Waals surface area contributed by atoms with Crippen molar-refractivity contribution < 1.29 is 4.79 Å². The van der Waals surface area contributed by atoms with Gasteiger partial charge in [-0.15, -0.1) is 0 Å². The molecule has 0 aromatic carbocycles. The molecule has 2 nitrogen and oxygen atoms in total. The molecule has 1 aromatic heterocycles. The average Bonchev–Trinajstić information content (AvgIpc) is 2.15. The Bertz CT molecular complexity index is 289. The van der Waals surface area contributed by atoms with Crippen molar-refractivity contribution in [3.63, 3.8) is 0 Å². The molecular formula is C10H11NO. The summed E-state index contributed by atoms with van der Waals surface area (Å²) in [5.74, 6) is 0.00574. The number of aromatic nitrogens is 1. The Morgan fingerprint density at radius 3 is 1.75 bits per heavy atom. The van der Waals surface area contributed by atoms with Gasteiger partial charge in [0, 0.05) is 19.3 Å². The van der Waals surface area contributed by atoms with E-state index in [9.17, 15) is 4.79 Å². The molecule has 1 rings (SSSR count). The molecule has 0 unspecified atom stereocenters. The van der Waals surface area contributed by atoms with Crippen LogP contribution in [-0.2, 0) is 0 Å². The van der Waals surface area contributed by atoms with E-state index in [-0.39, 0.29) is 5.91 Å². The van der Waals surface area contributed by atoms with E-state index in [0.29, 0.717) is 0 Å². The molecular weight excluding hydrogens is 150 g/mol. The van der Waals surface area contributed by atoms with Crippen LogP contribution in [0.5, 0.6) is 0 Å². The van der Waals surface area contributed by atoms with Crippen LogP contribution < -0.4 is 0 Å². The van der Waals surface area contributed by atoms with E-state index in [4.69, 9.17) is 0 Å². The Morgan fingerprint density at radius 2 is 1.33 bits per heavy atom. The second kappa shape index (κ2) is 4.34. The Hall–Kier alpha value is -1.57. The Morgan fingerprint density at radius 1 is 0.917 bits per heavy atom. The molecule has 0 aliphatic heterocycles. The molecule has 1 heterocycles. The van der Waals surface area contributed by atoms with Crippen molar-refractivity contribution in [1.29, 1.82) is 0 Å². The molecule has 0 saturated carbocycles. The van der Waals surface area contributed by atoms with Gasteiger partial charge in [-0.2, -0.15) is 0 Å². The van der Waals surface area contributed by atoms with Crippen molar-refractivity contribution >= 4 is 5.91 Å². The number of carbonyl (C=O) groups excluding carboxylic acids is 1. The van der Waals surface area contributed by atoms with E-state index in [2.05, 4.69) is 0 Å². The van der Waals surface area contributed by atoms with E-state index in [0.717, 1.165) is 0 Å².